The van der Waals surface area contributed by atoms with Gasteiger partial charge >= 0.3 is 0 Å². The van der Waals surface area contributed by atoms with E-state index in [9.17, 15) is 0 Å². The maximum Gasteiger partial charge on any atom is 0.205 e. The van der Waals surface area contributed by atoms with Crippen molar-refractivity contribution in [3.05, 3.63) is 48.3 Å². The highest BCUT2D eigenvalue weighted by atomic mass is 15.2. The van der Waals surface area contributed by atoms with Gasteiger partial charge in [-0.15, -0.1) is 0 Å². The number of imidazole rings is 1. The van der Waals surface area contributed by atoms with Crippen molar-refractivity contribution in [2.75, 3.05) is 5.73 Å². The van der Waals surface area contributed by atoms with E-state index in [-0.39, 0.29) is 0 Å². The molecule has 1 aromatic carbocycles. The van der Waals surface area contributed by atoms with Crippen molar-refractivity contribution in [1.82, 2.24) is 14.5 Å². The smallest absolute Gasteiger partial charge is 0.205 e. The lowest BCUT2D eigenvalue weighted by molar-refractivity contribution is 1.04. The average Bonchev–Trinajstić information content (AvgIpc) is 2.74. The summed E-state index contributed by atoms with van der Waals surface area (Å²) >= 11 is 0. The van der Waals surface area contributed by atoms with Crippen LogP contribution in [0, 0.1) is 0 Å². The molecule has 0 bridgehead atoms. The molecular weight excluding hydrogens is 224 g/mol. The minimum absolute atomic E-state index is 0.499. The molecule has 4 nitrogen and oxygen atoms in total. The minimum Gasteiger partial charge on any atom is -0.369 e. The molecule has 90 valence electrons. The fourth-order valence-electron chi connectivity index (χ4n) is 2.23. The maximum atomic E-state index is 6.03. The number of hydrogen-bond acceptors (Lipinski definition) is 3. The standard InChI is InChI=1S/C14H14N4/c1-2-10-5-3-4-6-12(10)18-13-7-8-16-9-11(13)17-14(18)15/h3-9H,2H2,1H3,(H2,15,17). The van der Waals surface area contributed by atoms with E-state index in [0.29, 0.717) is 5.95 Å². The number of nitrogens with two attached hydrogens (primary N) is 1. The molecule has 0 unspecified atom stereocenters. The Hall–Kier alpha value is -2.36. The molecule has 0 fully saturated rings. The number of aryl methyl sites for hydroxylation is 1. The van der Waals surface area contributed by atoms with Crippen molar-refractivity contribution >= 4 is 17.0 Å². The van der Waals surface area contributed by atoms with Crippen molar-refractivity contribution in [2.24, 2.45) is 0 Å². The van der Waals surface area contributed by atoms with Gasteiger partial charge in [0.1, 0.15) is 5.52 Å². The fraction of sp³-hybridized carbons (Fsp3) is 0.143. The predicted molar refractivity (Wildman–Crippen MR) is 72.7 cm³/mol. The lowest BCUT2D eigenvalue weighted by atomic mass is 10.1. The Balaban J connectivity index is 2.34. The summed E-state index contributed by atoms with van der Waals surface area (Å²) in [5.41, 5.74) is 10.2. The third-order valence-electron chi connectivity index (χ3n) is 3.10. The maximum absolute atomic E-state index is 6.03. The van der Waals surface area contributed by atoms with Crippen LogP contribution in [0.15, 0.2) is 42.7 Å². The summed E-state index contributed by atoms with van der Waals surface area (Å²) in [6.07, 6.45) is 4.45. The van der Waals surface area contributed by atoms with Crippen LogP contribution in [0.25, 0.3) is 16.7 Å². The molecule has 0 spiro atoms. The molecule has 0 aliphatic carbocycles. The van der Waals surface area contributed by atoms with Crippen LogP contribution in [0.1, 0.15) is 12.5 Å². The normalized spacial score (nSPS) is 10.9. The quantitative estimate of drug-likeness (QED) is 0.746. The Morgan fingerprint density at radius 1 is 1.22 bits per heavy atom. The van der Waals surface area contributed by atoms with Crippen LogP contribution < -0.4 is 5.73 Å². The van der Waals surface area contributed by atoms with Crippen molar-refractivity contribution in [3.8, 4) is 5.69 Å². The van der Waals surface area contributed by atoms with Crippen molar-refractivity contribution in [1.29, 1.82) is 0 Å². The van der Waals surface area contributed by atoms with Gasteiger partial charge in [0.25, 0.3) is 0 Å². The number of benzene rings is 1. The summed E-state index contributed by atoms with van der Waals surface area (Å²) in [4.78, 5) is 8.42. The summed E-state index contributed by atoms with van der Waals surface area (Å²) in [5.74, 6) is 0.499. The number of fused-ring (bicyclic) bond motifs is 1. The highest BCUT2D eigenvalue weighted by Crippen LogP contribution is 2.24. The molecular formula is C14H14N4. The molecule has 18 heavy (non-hydrogen) atoms. The first-order valence-corrected chi connectivity index (χ1v) is 5.97. The zero-order valence-corrected chi connectivity index (χ0v) is 10.2. The average molecular weight is 238 g/mol. The topological polar surface area (TPSA) is 56.7 Å². The van der Waals surface area contributed by atoms with Crippen molar-refractivity contribution in [2.45, 2.75) is 13.3 Å². The molecule has 0 atom stereocenters. The zero-order chi connectivity index (χ0) is 12.5. The summed E-state index contributed by atoms with van der Waals surface area (Å²) in [5, 5.41) is 0. The van der Waals surface area contributed by atoms with E-state index in [2.05, 4.69) is 29.0 Å². The monoisotopic (exact) mass is 238 g/mol. The molecule has 2 aromatic heterocycles. The number of para-hydroxylation sites is 1. The number of pyridine rings is 1. The van der Waals surface area contributed by atoms with Crippen molar-refractivity contribution < 1.29 is 0 Å². The molecule has 0 amide bonds. The van der Waals surface area contributed by atoms with Gasteiger partial charge in [0.15, 0.2) is 0 Å². The van der Waals surface area contributed by atoms with Crippen LogP contribution in [-0.4, -0.2) is 14.5 Å². The Labute approximate surface area is 105 Å². The van der Waals surface area contributed by atoms with Crippen LogP contribution in [0.4, 0.5) is 5.95 Å². The molecule has 2 N–H and O–H groups in total. The Bertz CT molecular complexity index is 700. The van der Waals surface area contributed by atoms with Gasteiger partial charge in [-0.3, -0.25) is 9.55 Å². The van der Waals surface area contributed by atoms with Gasteiger partial charge in [-0.2, -0.15) is 0 Å². The van der Waals surface area contributed by atoms with Crippen LogP contribution in [-0.2, 0) is 6.42 Å². The molecule has 2 heterocycles. The number of nitrogens with zero attached hydrogens (tertiary/aromatic N) is 3. The lowest BCUT2D eigenvalue weighted by Crippen LogP contribution is -2.03. The molecule has 0 saturated carbocycles. The summed E-state index contributed by atoms with van der Waals surface area (Å²) in [7, 11) is 0. The SMILES string of the molecule is CCc1ccccc1-n1c(N)nc2cnccc21. The van der Waals surface area contributed by atoms with E-state index in [0.717, 1.165) is 23.1 Å². The highest BCUT2D eigenvalue weighted by molar-refractivity contribution is 5.80. The molecule has 0 aliphatic rings. The molecule has 3 aromatic rings. The molecule has 0 aliphatic heterocycles. The summed E-state index contributed by atoms with van der Waals surface area (Å²) in [6.45, 7) is 2.13. The van der Waals surface area contributed by atoms with Crippen LogP contribution in [0.3, 0.4) is 0 Å². The van der Waals surface area contributed by atoms with Crippen molar-refractivity contribution in [3.63, 3.8) is 0 Å². The predicted octanol–water partition coefficient (Wildman–Crippen LogP) is 2.57. The summed E-state index contributed by atoms with van der Waals surface area (Å²) in [6, 6.07) is 10.2. The second kappa shape index (κ2) is 4.14. The van der Waals surface area contributed by atoms with E-state index in [1.54, 1.807) is 12.4 Å². The van der Waals surface area contributed by atoms with Gasteiger partial charge in [-0.05, 0) is 24.1 Å². The summed E-state index contributed by atoms with van der Waals surface area (Å²) < 4.78 is 1.98. The molecule has 4 heteroatoms. The van der Waals surface area contributed by atoms with E-state index in [4.69, 9.17) is 5.73 Å². The first-order chi connectivity index (χ1) is 8.81. The number of nitrogen functional groups attached to an aromatic ring is 1. The van der Waals surface area contributed by atoms with E-state index in [1.807, 2.05) is 22.8 Å². The second-order valence-electron chi connectivity index (χ2n) is 4.15. The van der Waals surface area contributed by atoms with Crippen LogP contribution in [0.5, 0.6) is 0 Å². The van der Waals surface area contributed by atoms with Gasteiger partial charge in [-0.25, -0.2) is 4.98 Å². The largest absolute Gasteiger partial charge is 0.369 e. The lowest BCUT2D eigenvalue weighted by Gasteiger charge is -2.11. The van der Waals surface area contributed by atoms with Gasteiger partial charge in [0.2, 0.25) is 5.95 Å². The van der Waals surface area contributed by atoms with E-state index in [1.165, 1.54) is 5.56 Å². The fourth-order valence-corrected chi connectivity index (χ4v) is 2.23. The third-order valence-corrected chi connectivity index (χ3v) is 3.10. The Kier molecular flexibility index (Phi) is 2.48. The van der Waals surface area contributed by atoms with Gasteiger partial charge in [0.05, 0.1) is 17.4 Å². The van der Waals surface area contributed by atoms with Crippen LogP contribution >= 0.6 is 0 Å². The van der Waals surface area contributed by atoms with E-state index >= 15 is 0 Å². The van der Waals surface area contributed by atoms with E-state index < -0.39 is 0 Å². The van der Waals surface area contributed by atoms with Gasteiger partial charge < -0.3 is 5.73 Å². The Morgan fingerprint density at radius 3 is 2.89 bits per heavy atom. The third kappa shape index (κ3) is 1.54. The first kappa shape index (κ1) is 10.8. The number of hydrogen-bond donors (Lipinski definition) is 1. The number of aromatic nitrogens is 3. The highest BCUT2D eigenvalue weighted by Gasteiger charge is 2.11. The molecule has 0 saturated heterocycles. The second-order valence-corrected chi connectivity index (χ2v) is 4.15. The first-order valence-electron chi connectivity index (χ1n) is 5.97. The molecule has 3 rings (SSSR count). The van der Waals surface area contributed by atoms with Crippen LogP contribution in [0.2, 0.25) is 0 Å². The minimum atomic E-state index is 0.499. The van der Waals surface area contributed by atoms with Gasteiger partial charge in [-0.1, -0.05) is 25.1 Å². The van der Waals surface area contributed by atoms with Gasteiger partial charge in [0, 0.05) is 6.20 Å². The zero-order valence-electron chi connectivity index (χ0n) is 10.2. The number of rotatable bonds is 2. The number of anilines is 1. The Morgan fingerprint density at radius 2 is 2.06 bits per heavy atom. The molecule has 0 radical (unpaired) electrons.